The van der Waals surface area contributed by atoms with Crippen LogP contribution in [-0.4, -0.2) is 72.0 Å². The van der Waals surface area contributed by atoms with Crippen molar-refractivity contribution in [2.24, 2.45) is 5.92 Å². The number of carbonyl (C=O) groups excluding carboxylic acids is 2. The molecule has 3 atom stereocenters. The Bertz CT molecular complexity index is 601. The molecule has 8 heteroatoms. The number of nitrogens with zero attached hydrogens (tertiary/aromatic N) is 2. The smallest absolute Gasteiger partial charge is 0.226 e. The minimum atomic E-state index is -0.126. The normalized spacial score (nSPS) is 26.0. The first-order valence-corrected chi connectivity index (χ1v) is 9.93. The number of nitrogens with one attached hydrogen (secondary N) is 2. The Morgan fingerprint density at radius 2 is 2.19 bits per heavy atom. The molecular formula is C19H30N4O4. The molecule has 3 rings (SSSR count). The summed E-state index contributed by atoms with van der Waals surface area (Å²) in [6.45, 7) is 5.25. The topological polar surface area (TPSA) is 96.6 Å². The predicted molar refractivity (Wildman–Crippen MR) is 99.0 cm³/mol. The molecule has 8 nitrogen and oxygen atoms in total. The van der Waals surface area contributed by atoms with Crippen molar-refractivity contribution in [2.75, 3.05) is 32.9 Å². The van der Waals surface area contributed by atoms with Crippen molar-refractivity contribution < 1.29 is 19.1 Å². The lowest BCUT2D eigenvalue weighted by Crippen LogP contribution is -2.52. The van der Waals surface area contributed by atoms with Gasteiger partial charge in [0.1, 0.15) is 0 Å². The molecule has 0 unspecified atom stereocenters. The maximum atomic E-state index is 12.8. The molecule has 2 amide bonds. The molecule has 2 aliphatic rings. The number of hydrogen-bond donors (Lipinski definition) is 2. The van der Waals surface area contributed by atoms with E-state index in [0.29, 0.717) is 39.3 Å². The Balaban J connectivity index is 1.56. The number of aromatic amines is 1. The van der Waals surface area contributed by atoms with Crippen molar-refractivity contribution in [3.63, 3.8) is 0 Å². The third-order valence-corrected chi connectivity index (χ3v) is 5.26. The third-order valence-electron chi connectivity index (χ3n) is 5.26. The molecule has 2 fully saturated rings. The lowest BCUT2D eigenvalue weighted by molar-refractivity contribution is -0.143. The summed E-state index contributed by atoms with van der Waals surface area (Å²) < 4.78 is 11.4. The van der Waals surface area contributed by atoms with Gasteiger partial charge in [0.25, 0.3) is 0 Å². The van der Waals surface area contributed by atoms with Crippen molar-refractivity contribution in [1.82, 2.24) is 20.4 Å². The van der Waals surface area contributed by atoms with E-state index in [-0.39, 0.29) is 36.3 Å². The molecule has 150 valence electrons. The minimum absolute atomic E-state index is 0.0364. The van der Waals surface area contributed by atoms with E-state index >= 15 is 0 Å². The van der Waals surface area contributed by atoms with Crippen LogP contribution in [0.15, 0.2) is 12.3 Å². The summed E-state index contributed by atoms with van der Waals surface area (Å²) in [5.74, 6) is 0.114. The first kappa shape index (κ1) is 19.8. The number of rotatable bonds is 7. The van der Waals surface area contributed by atoms with Gasteiger partial charge in [-0.25, -0.2) is 0 Å². The van der Waals surface area contributed by atoms with Crippen LogP contribution >= 0.6 is 0 Å². The van der Waals surface area contributed by atoms with Crippen LogP contribution in [0, 0.1) is 5.92 Å². The van der Waals surface area contributed by atoms with Crippen molar-refractivity contribution >= 4 is 11.8 Å². The average Bonchev–Trinajstić information content (AvgIpc) is 3.20. The molecule has 1 aliphatic carbocycles. The number of amides is 2. The third kappa shape index (κ3) is 5.52. The van der Waals surface area contributed by atoms with Gasteiger partial charge in [0.2, 0.25) is 11.8 Å². The Morgan fingerprint density at radius 3 is 2.89 bits per heavy atom. The van der Waals surface area contributed by atoms with E-state index in [0.717, 1.165) is 25.0 Å². The summed E-state index contributed by atoms with van der Waals surface area (Å²) >= 11 is 0. The van der Waals surface area contributed by atoms with Crippen LogP contribution in [0.25, 0.3) is 0 Å². The van der Waals surface area contributed by atoms with E-state index in [1.54, 1.807) is 12.3 Å². The van der Waals surface area contributed by atoms with Gasteiger partial charge in [-0.1, -0.05) is 6.92 Å². The van der Waals surface area contributed by atoms with Crippen molar-refractivity contribution in [1.29, 1.82) is 0 Å². The highest BCUT2D eigenvalue weighted by molar-refractivity contribution is 5.80. The second kappa shape index (κ2) is 9.85. The first-order chi connectivity index (χ1) is 13.2. The van der Waals surface area contributed by atoms with Gasteiger partial charge in [0.15, 0.2) is 0 Å². The molecule has 0 radical (unpaired) electrons. The van der Waals surface area contributed by atoms with E-state index in [1.807, 2.05) is 4.90 Å². The number of hydrogen-bond acceptors (Lipinski definition) is 5. The van der Waals surface area contributed by atoms with Crippen molar-refractivity contribution in [3.05, 3.63) is 18.0 Å². The maximum absolute atomic E-state index is 12.8. The SMILES string of the molecule is CCCO[C@H]1C[C@@H](C(=O)N2CCOCC2)CC[C@@H]1NC(=O)Cc1ccn[nH]1. The molecule has 0 bridgehead atoms. The van der Waals surface area contributed by atoms with E-state index in [9.17, 15) is 9.59 Å². The standard InChI is InChI=1S/C19H30N4O4/c1-2-9-27-17-12-14(19(25)23-7-10-26-11-8-23)3-4-16(17)21-18(24)13-15-5-6-20-22-15/h5-6,14,16-17H,2-4,7-13H2,1H3,(H,20,22)(H,21,24)/t14-,16-,17-/m0/s1. The van der Waals surface area contributed by atoms with Crippen LogP contribution in [-0.2, 0) is 25.5 Å². The van der Waals surface area contributed by atoms with Crippen LogP contribution in [0.5, 0.6) is 0 Å². The van der Waals surface area contributed by atoms with E-state index in [2.05, 4.69) is 22.4 Å². The molecule has 0 aromatic carbocycles. The van der Waals surface area contributed by atoms with E-state index < -0.39 is 0 Å². The quantitative estimate of drug-likeness (QED) is 0.735. The number of carbonyl (C=O) groups is 2. The molecule has 1 aliphatic heterocycles. The minimum Gasteiger partial charge on any atom is -0.378 e. The summed E-state index contributed by atoms with van der Waals surface area (Å²) in [7, 11) is 0. The molecule has 2 heterocycles. The largest absolute Gasteiger partial charge is 0.378 e. The molecule has 0 spiro atoms. The van der Waals surface area contributed by atoms with Crippen LogP contribution in [0.1, 0.15) is 38.3 Å². The second-order valence-corrected chi connectivity index (χ2v) is 7.29. The zero-order valence-electron chi connectivity index (χ0n) is 16.0. The van der Waals surface area contributed by atoms with Gasteiger partial charge >= 0.3 is 0 Å². The highest BCUT2D eigenvalue weighted by Gasteiger charge is 2.37. The number of morpholine rings is 1. The van der Waals surface area contributed by atoms with Crippen molar-refractivity contribution in [2.45, 2.75) is 51.2 Å². The van der Waals surface area contributed by atoms with Gasteiger partial charge < -0.3 is 19.7 Å². The molecule has 1 aromatic rings. The maximum Gasteiger partial charge on any atom is 0.226 e. The summed E-state index contributed by atoms with van der Waals surface area (Å²) in [6, 6.07) is 1.74. The summed E-state index contributed by atoms with van der Waals surface area (Å²) in [6.07, 6.45) is 4.88. The lowest BCUT2D eigenvalue weighted by Gasteiger charge is -2.38. The van der Waals surface area contributed by atoms with Gasteiger partial charge in [-0.05, 0) is 31.7 Å². The first-order valence-electron chi connectivity index (χ1n) is 9.93. The van der Waals surface area contributed by atoms with Crippen LogP contribution < -0.4 is 5.32 Å². The predicted octanol–water partition coefficient (Wildman–Crippen LogP) is 0.891. The summed E-state index contributed by atoms with van der Waals surface area (Å²) in [4.78, 5) is 27.1. The zero-order chi connectivity index (χ0) is 19.1. The van der Waals surface area contributed by atoms with Crippen LogP contribution in [0.2, 0.25) is 0 Å². The lowest BCUT2D eigenvalue weighted by atomic mass is 9.82. The molecule has 2 N–H and O–H groups in total. The number of aromatic nitrogens is 2. The van der Waals surface area contributed by atoms with Gasteiger partial charge in [0, 0.05) is 37.5 Å². The van der Waals surface area contributed by atoms with Gasteiger partial charge in [-0.3, -0.25) is 14.7 Å². The summed E-state index contributed by atoms with van der Waals surface area (Å²) in [5, 5.41) is 9.78. The van der Waals surface area contributed by atoms with Gasteiger partial charge in [0.05, 0.1) is 31.8 Å². The Hall–Kier alpha value is -1.93. The van der Waals surface area contributed by atoms with Crippen molar-refractivity contribution in [3.8, 4) is 0 Å². The second-order valence-electron chi connectivity index (χ2n) is 7.29. The fourth-order valence-electron chi connectivity index (χ4n) is 3.83. The molecule has 1 saturated carbocycles. The zero-order valence-corrected chi connectivity index (χ0v) is 16.0. The van der Waals surface area contributed by atoms with E-state index in [4.69, 9.17) is 9.47 Å². The molecule has 1 saturated heterocycles. The average molecular weight is 378 g/mol. The Kier molecular flexibility index (Phi) is 7.23. The highest BCUT2D eigenvalue weighted by atomic mass is 16.5. The Labute approximate surface area is 160 Å². The Morgan fingerprint density at radius 1 is 1.37 bits per heavy atom. The monoisotopic (exact) mass is 378 g/mol. The van der Waals surface area contributed by atoms with Gasteiger partial charge in [-0.15, -0.1) is 0 Å². The van der Waals surface area contributed by atoms with Crippen LogP contribution in [0.3, 0.4) is 0 Å². The van der Waals surface area contributed by atoms with Crippen LogP contribution in [0.4, 0.5) is 0 Å². The fraction of sp³-hybridized carbons (Fsp3) is 0.737. The number of H-pyrrole nitrogens is 1. The molecule has 1 aromatic heterocycles. The van der Waals surface area contributed by atoms with Gasteiger partial charge in [-0.2, -0.15) is 5.10 Å². The highest BCUT2D eigenvalue weighted by Crippen LogP contribution is 2.29. The fourth-order valence-corrected chi connectivity index (χ4v) is 3.83. The number of ether oxygens (including phenoxy) is 2. The molecular weight excluding hydrogens is 348 g/mol. The van der Waals surface area contributed by atoms with E-state index in [1.165, 1.54) is 0 Å². The summed E-state index contributed by atoms with van der Waals surface area (Å²) in [5.41, 5.74) is 0.787. The molecule has 27 heavy (non-hydrogen) atoms.